The first-order chi connectivity index (χ1) is 9.06. The van der Waals surface area contributed by atoms with E-state index in [-0.39, 0.29) is 11.9 Å². The van der Waals surface area contributed by atoms with Gasteiger partial charge in [-0.25, -0.2) is 4.98 Å². The fraction of sp³-hybridized carbons (Fsp3) is 0.143. The minimum Gasteiger partial charge on any atom is -0.344 e. The second kappa shape index (κ2) is 6.17. The van der Waals surface area contributed by atoms with E-state index in [1.54, 1.807) is 18.2 Å². The predicted octanol–water partition coefficient (Wildman–Crippen LogP) is 3.99. The average Bonchev–Trinajstić information content (AvgIpc) is 2.39. The largest absolute Gasteiger partial charge is 0.344 e. The lowest BCUT2D eigenvalue weighted by Crippen LogP contribution is -2.27. The molecule has 3 nitrogen and oxygen atoms in total. The summed E-state index contributed by atoms with van der Waals surface area (Å²) >= 11 is 9.14. The Kier molecular flexibility index (Phi) is 4.56. The van der Waals surface area contributed by atoms with Crippen LogP contribution in [0.25, 0.3) is 0 Å². The summed E-state index contributed by atoms with van der Waals surface area (Å²) < 4.78 is 1.01. The Bertz CT molecular complexity index is 586. The molecule has 1 unspecified atom stereocenters. The third-order valence-electron chi connectivity index (χ3n) is 2.67. The molecule has 0 bridgehead atoms. The van der Waals surface area contributed by atoms with Gasteiger partial charge in [0.1, 0.15) is 10.8 Å². The zero-order valence-electron chi connectivity index (χ0n) is 10.2. The van der Waals surface area contributed by atoms with Gasteiger partial charge >= 0.3 is 0 Å². The molecular weight excluding hydrogens is 328 g/mol. The topological polar surface area (TPSA) is 42.0 Å². The van der Waals surface area contributed by atoms with Crippen LogP contribution in [0, 0.1) is 0 Å². The van der Waals surface area contributed by atoms with Gasteiger partial charge in [0, 0.05) is 4.47 Å². The zero-order valence-corrected chi connectivity index (χ0v) is 12.6. The molecule has 1 aromatic carbocycles. The molecule has 1 aromatic heterocycles. The average molecular weight is 340 g/mol. The third kappa shape index (κ3) is 3.78. The van der Waals surface area contributed by atoms with E-state index < -0.39 is 0 Å². The van der Waals surface area contributed by atoms with Crippen LogP contribution in [0.15, 0.2) is 46.9 Å². The van der Waals surface area contributed by atoms with Crippen LogP contribution in [-0.2, 0) is 0 Å². The van der Waals surface area contributed by atoms with Crippen LogP contribution < -0.4 is 5.32 Å². The maximum absolute atomic E-state index is 12.0. The second-order valence-corrected chi connectivity index (χ2v) is 5.40. The lowest BCUT2D eigenvalue weighted by atomic mass is 10.1. The van der Waals surface area contributed by atoms with Gasteiger partial charge in [0.2, 0.25) is 0 Å². The van der Waals surface area contributed by atoms with Crippen molar-refractivity contribution < 1.29 is 4.79 Å². The van der Waals surface area contributed by atoms with Gasteiger partial charge in [-0.2, -0.15) is 0 Å². The molecule has 0 saturated heterocycles. The molecule has 0 aliphatic carbocycles. The van der Waals surface area contributed by atoms with Crippen molar-refractivity contribution >= 4 is 33.4 Å². The van der Waals surface area contributed by atoms with Crippen molar-refractivity contribution in [2.24, 2.45) is 0 Å². The molecule has 98 valence electrons. The standard InChI is InChI=1S/C14H12BrClN2O/c1-9(10-5-7-11(15)8-6-10)17-14(19)12-3-2-4-13(16)18-12/h2-9H,1H3,(H,17,19). The highest BCUT2D eigenvalue weighted by Crippen LogP contribution is 2.17. The Labute approximate surface area is 125 Å². The van der Waals surface area contributed by atoms with E-state index in [1.807, 2.05) is 31.2 Å². The van der Waals surface area contributed by atoms with Gasteiger partial charge in [-0.15, -0.1) is 0 Å². The molecule has 0 radical (unpaired) electrons. The summed E-state index contributed by atoms with van der Waals surface area (Å²) in [6.45, 7) is 1.92. The summed E-state index contributed by atoms with van der Waals surface area (Å²) in [5.74, 6) is -0.238. The highest BCUT2D eigenvalue weighted by molar-refractivity contribution is 9.10. The lowest BCUT2D eigenvalue weighted by Gasteiger charge is -2.14. The minimum absolute atomic E-state index is 0.0959. The van der Waals surface area contributed by atoms with Crippen molar-refractivity contribution in [3.63, 3.8) is 0 Å². The number of halogens is 2. The van der Waals surface area contributed by atoms with Crippen LogP contribution in [0.3, 0.4) is 0 Å². The fourth-order valence-corrected chi connectivity index (χ4v) is 2.07. The number of pyridine rings is 1. The van der Waals surface area contributed by atoms with Gasteiger partial charge in [0.25, 0.3) is 5.91 Å². The summed E-state index contributed by atoms with van der Waals surface area (Å²) in [5, 5.41) is 3.19. The Balaban J connectivity index is 2.08. The van der Waals surface area contributed by atoms with Crippen molar-refractivity contribution in [1.82, 2.24) is 10.3 Å². The van der Waals surface area contributed by atoms with Crippen molar-refractivity contribution in [1.29, 1.82) is 0 Å². The van der Waals surface area contributed by atoms with E-state index in [0.717, 1.165) is 10.0 Å². The number of rotatable bonds is 3. The quantitative estimate of drug-likeness (QED) is 0.859. The second-order valence-electron chi connectivity index (χ2n) is 4.09. The number of hydrogen-bond donors (Lipinski definition) is 1. The Morgan fingerprint density at radius 1 is 1.26 bits per heavy atom. The van der Waals surface area contributed by atoms with E-state index in [2.05, 4.69) is 26.2 Å². The molecule has 0 spiro atoms. The summed E-state index contributed by atoms with van der Waals surface area (Å²) in [6, 6.07) is 12.7. The van der Waals surface area contributed by atoms with Crippen LogP contribution >= 0.6 is 27.5 Å². The van der Waals surface area contributed by atoms with E-state index in [1.165, 1.54) is 0 Å². The summed E-state index contributed by atoms with van der Waals surface area (Å²) in [5.41, 5.74) is 1.34. The number of carbonyl (C=O) groups excluding carboxylic acids is 1. The number of carbonyl (C=O) groups is 1. The number of amides is 1. The Morgan fingerprint density at radius 3 is 2.58 bits per heavy atom. The molecule has 2 aromatic rings. The van der Waals surface area contributed by atoms with E-state index in [0.29, 0.717) is 10.8 Å². The monoisotopic (exact) mass is 338 g/mol. The van der Waals surface area contributed by atoms with E-state index in [4.69, 9.17) is 11.6 Å². The molecular formula is C14H12BrClN2O. The Morgan fingerprint density at radius 2 is 1.95 bits per heavy atom. The van der Waals surface area contributed by atoms with Gasteiger partial charge in [0.15, 0.2) is 0 Å². The zero-order chi connectivity index (χ0) is 13.8. The number of benzene rings is 1. The van der Waals surface area contributed by atoms with Crippen LogP contribution in [0.4, 0.5) is 0 Å². The molecule has 1 heterocycles. The summed E-state index contributed by atoms with van der Waals surface area (Å²) in [6.07, 6.45) is 0. The molecule has 0 aliphatic heterocycles. The normalized spacial score (nSPS) is 11.9. The SMILES string of the molecule is CC(NC(=O)c1cccc(Cl)n1)c1ccc(Br)cc1. The molecule has 1 atom stereocenters. The maximum atomic E-state index is 12.0. The molecule has 1 amide bonds. The highest BCUT2D eigenvalue weighted by Gasteiger charge is 2.12. The van der Waals surface area contributed by atoms with Crippen molar-refractivity contribution in [3.05, 3.63) is 63.3 Å². The van der Waals surface area contributed by atoms with Crippen molar-refractivity contribution in [2.75, 3.05) is 0 Å². The molecule has 2 rings (SSSR count). The number of aromatic nitrogens is 1. The van der Waals surface area contributed by atoms with Gasteiger partial charge in [-0.05, 0) is 36.8 Å². The molecule has 0 aliphatic rings. The third-order valence-corrected chi connectivity index (χ3v) is 3.40. The van der Waals surface area contributed by atoms with Crippen molar-refractivity contribution in [2.45, 2.75) is 13.0 Å². The summed E-state index contributed by atoms with van der Waals surface area (Å²) in [4.78, 5) is 16.0. The van der Waals surface area contributed by atoms with Crippen LogP contribution in [0.5, 0.6) is 0 Å². The fourth-order valence-electron chi connectivity index (χ4n) is 1.64. The Hall–Kier alpha value is -1.39. The van der Waals surface area contributed by atoms with Gasteiger partial charge in [-0.3, -0.25) is 4.79 Å². The molecule has 0 saturated carbocycles. The van der Waals surface area contributed by atoms with Crippen LogP contribution in [0.1, 0.15) is 29.0 Å². The van der Waals surface area contributed by atoms with E-state index in [9.17, 15) is 4.79 Å². The number of nitrogens with one attached hydrogen (secondary N) is 1. The molecule has 0 fully saturated rings. The van der Waals surface area contributed by atoms with Crippen LogP contribution in [-0.4, -0.2) is 10.9 Å². The molecule has 19 heavy (non-hydrogen) atoms. The van der Waals surface area contributed by atoms with Gasteiger partial charge in [0.05, 0.1) is 6.04 Å². The highest BCUT2D eigenvalue weighted by atomic mass is 79.9. The maximum Gasteiger partial charge on any atom is 0.270 e. The minimum atomic E-state index is -0.238. The number of nitrogens with zero attached hydrogens (tertiary/aromatic N) is 1. The molecule has 1 N–H and O–H groups in total. The van der Waals surface area contributed by atoms with Crippen molar-refractivity contribution in [3.8, 4) is 0 Å². The first-order valence-corrected chi connectivity index (χ1v) is 6.92. The first-order valence-electron chi connectivity index (χ1n) is 5.75. The lowest BCUT2D eigenvalue weighted by molar-refractivity contribution is 0.0935. The van der Waals surface area contributed by atoms with Crippen LogP contribution in [0.2, 0.25) is 5.15 Å². The van der Waals surface area contributed by atoms with E-state index >= 15 is 0 Å². The molecule has 5 heteroatoms. The first kappa shape index (κ1) is 14.0. The van der Waals surface area contributed by atoms with Gasteiger partial charge in [-0.1, -0.05) is 45.7 Å². The predicted molar refractivity (Wildman–Crippen MR) is 79.3 cm³/mol. The summed E-state index contributed by atoms with van der Waals surface area (Å²) in [7, 11) is 0. The smallest absolute Gasteiger partial charge is 0.270 e. The van der Waals surface area contributed by atoms with Gasteiger partial charge < -0.3 is 5.32 Å². The number of hydrogen-bond acceptors (Lipinski definition) is 2.